The van der Waals surface area contributed by atoms with Crippen molar-refractivity contribution in [2.24, 2.45) is 0 Å². The van der Waals surface area contributed by atoms with Gasteiger partial charge in [-0.05, 0) is 43.3 Å². The number of rotatable bonds is 7. The first-order valence-electron chi connectivity index (χ1n) is 9.16. The smallest absolute Gasteiger partial charge is 0.338 e. The summed E-state index contributed by atoms with van der Waals surface area (Å²) in [5, 5.41) is 5.49. The molecule has 9 heteroatoms. The van der Waals surface area contributed by atoms with Crippen molar-refractivity contribution in [3.8, 4) is 11.5 Å². The second kappa shape index (κ2) is 9.53. The number of ether oxygens (including phenoxy) is 3. The van der Waals surface area contributed by atoms with Crippen LogP contribution >= 0.6 is 11.8 Å². The molecule has 1 atom stereocenters. The third-order valence-corrected chi connectivity index (χ3v) is 5.54. The van der Waals surface area contributed by atoms with Crippen LogP contribution in [0.5, 0.6) is 11.5 Å². The van der Waals surface area contributed by atoms with E-state index in [1.54, 1.807) is 57.5 Å². The van der Waals surface area contributed by atoms with Gasteiger partial charge in [0.05, 0.1) is 37.3 Å². The minimum atomic E-state index is -0.649. The van der Waals surface area contributed by atoms with Gasteiger partial charge in [-0.15, -0.1) is 11.8 Å². The van der Waals surface area contributed by atoms with Crippen molar-refractivity contribution in [1.82, 2.24) is 5.32 Å². The summed E-state index contributed by atoms with van der Waals surface area (Å²) in [6, 6.07) is 9.79. The second-order valence-electron chi connectivity index (χ2n) is 6.52. The Labute approximate surface area is 178 Å². The molecule has 0 saturated carbocycles. The van der Waals surface area contributed by atoms with Crippen LogP contribution in [0, 0.1) is 0 Å². The van der Waals surface area contributed by atoms with Gasteiger partial charge >= 0.3 is 5.97 Å². The summed E-state index contributed by atoms with van der Waals surface area (Å²) in [5.41, 5.74) is 1.56. The van der Waals surface area contributed by atoms with Crippen LogP contribution in [0.15, 0.2) is 41.3 Å². The summed E-state index contributed by atoms with van der Waals surface area (Å²) < 4.78 is 15.7. The van der Waals surface area contributed by atoms with Crippen LogP contribution in [-0.4, -0.2) is 44.4 Å². The fraction of sp³-hybridized carbons (Fsp3) is 0.286. The molecular weight excluding hydrogens is 408 g/mol. The number of carbonyl (C=O) groups is 3. The second-order valence-corrected chi connectivity index (χ2v) is 7.54. The Morgan fingerprint density at radius 3 is 2.70 bits per heavy atom. The van der Waals surface area contributed by atoms with Gasteiger partial charge in [0, 0.05) is 10.5 Å². The lowest BCUT2D eigenvalue weighted by atomic mass is 10.1. The maximum atomic E-state index is 12.3. The van der Waals surface area contributed by atoms with E-state index in [9.17, 15) is 14.4 Å². The van der Waals surface area contributed by atoms with Crippen LogP contribution in [0.2, 0.25) is 0 Å². The number of anilines is 1. The average molecular weight is 430 g/mol. The van der Waals surface area contributed by atoms with Gasteiger partial charge in [0.2, 0.25) is 5.91 Å². The first-order valence-corrected chi connectivity index (χ1v) is 10.1. The maximum absolute atomic E-state index is 12.3. The van der Waals surface area contributed by atoms with E-state index >= 15 is 0 Å². The molecule has 30 heavy (non-hydrogen) atoms. The van der Waals surface area contributed by atoms with Gasteiger partial charge in [0.15, 0.2) is 6.61 Å². The zero-order chi connectivity index (χ0) is 21.7. The molecular formula is C21H22N2O6S. The lowest BCUT2D eigenvalue weighted by Crippen LogP contribution is -2.31. The summed E-state index contributed by atoms with van der Waals surface area (Å²) in [6.45, 7) is 1.36. The number of benzene rings is 2. The molecule has 0 radical (unpaired) electrons. The lowest BCUT2D eigenvalue weighted by molar-refractivity contribution is -0.124. The third-order valence-electron chi connectivity index (χ3n) is 4.46. The average Bonchev–Trinajstić information content (AvgIpc) is 2.76. The Morgan fingerprint density at radius 1 is 1.17 bits per heavy atom. The molecule has 0 spiro atoms. The van der Waals surface area contributed by atoms with E-state index in [-0.39, 0.29) is 11.5 Å². The highest BCUT2D eigenvalue weighted by molar-refractivity contribution is 8.00. The van der Waals surface area contributed by atoms with E-state index in [1.165, 1.54) is 11.8 Å². The van der Waals surface area contributed by atoms with Crippen LogP contribution < -0.4 is 20.1 Å². The van der Waals surface area contributed by atoms with Crippen molar-refractivity contribution >= 4 is 35.2 Å². The monoisotopic (exact) mass is 430 g/mol. The van der Waals surface area contributed by atoms with Gasteiger partial charge < -0.3 is 24.8 Å². The van der Waals surface area contributed by atoms with E-state index in [4.69, 9.17) is 14.2 Å². The molecule has 1 aliphatic rings. The molecule has 3 rings (SSSR count). The summed E-state index contributed by atoms with van der Waals surface area (Å²) in [7, 11) is 3.10. The number of fused-ring (bicyclic) bond motifs is 1. The number of esters is 1. The molecule has 0 bridgehead atoms. The molecule has 0 aliphatic carbocycles. The van der Waals surface area contributed by atoms with Crippen molar-refractivity contribution < 1.29 is 28.6 Å². The fourth-order valence-electron chi connectivity index (χ4n) is 2.96. The highest BCUT2D eigenvalue weighted by atomic mass is 32.2. The maximum Gasteiger partial charge on any atom is 0.338 e. The van der Waals surface area contributed by atoms with Gasteiger partial charge in [-0.1, -0.05) is 0 Å². The lowest BCUT2D eigenvalue weighted by Gasteiger charge is -2.18. The summed E-state index contributed by atoms with van der Waals surface area (Å²) in [4.78, 5) is 37.0. The summed E-state index contributed by atoms with van der Waals surface area (Å²) >= 11 is 1.40. The van der Waals surface area contributed by atoms with Gasteiger partial charge in [-0.3, -0.25) is 9.59 Å². The van der Waals surface area contributed by atoms with E-state index in [2.05, 4.69) is 10.6 Å². The number of nitrogens with one attached hydrogen (secondary N) is 2. The zero-order valence-corrected chi connectivity index (χ0v) is 17.6. The highest BCUT2D eigenvalue weighted by Gasteiger charge is 2.19. The van der Waals surface area contributed by atoms with Gasteiger partial charge in [-0.2, -0.15) is 0 Å². The van der Waals surface area contributed by atoms with Crippen LogP contribution in [0.1, 0.15) is 28.9 Å². The minimum absolute atomic E-state index is 0.126. The van der Waals surface area contributed by atoms with Gasteiger partial charge in [-0.25, -0.2) is 4.79 Å². The number of amides is 2. The molecule has 0 aromatic heterocycles. The van der Waals surface area contributed by atoms with Crippen LogP contribution in [-0.2, 0) is 14.3 Å². The first kappa shape index (κ1) is 21.5. The predicted octanol–water partition coefficient (Wildman–Crippen LogP) is 2.78. The van der Waals surface area contributed by atoms with Gasteiger partial charge in [0.1, 0.15) is 11.5 Å². The Kier molecular flexibility index (Phi) is 6.83. The highest BCUT2D eigenvalue weighted by Crippen LogP contribution is 2.32. The number of thioether (sulfide) groups is 1. The fourth-order valence-corrected chi connectivity index (χ4v) is 3.75. The molecule has 1 heterocycles. The molecule has 1 aliphatic heterocycles. The van der Waals surface area contributed by atoms with E-state index in [0.717, 1.165) is 10.5 Å². The quantitative estimate of drug-likeness (QED) is 0.651. The van der Waals surface area contributed by atoms with Crippen molar-refractivity contribution in [2.45, 2.75) is 17.9 Å². The summed E-state index contributed by atoms with van der Waals surface area (Å²) in [5.74, 6) is 0.351. The van der Waals surface area contributed by atoms with Crippen molar-refractivity contribution in [3.63, 3.8) is 0 Å². The van der Waals surface area contributed by atoms with Gasteiger partial charge in [0.25, 0.3) is 5.91 Å². The van der Waals surface area contributed by atoms with Crippen LogP contribution in [0.3, 0.4) is 0 Å². The molecule has 2 aromatic carbocycles. The Bertz CT molecular complexity index is 978. The van der Waals surface area contributed by atoms with Crippen molar-refractivity contribution in [3.05, 3.63) is 47.5 Å². The molecule has 0 fully saturated rings. The molecule has 2 amide bonds. The summed E-state index contributed by atoms with van der Waals surface area (Å²) in [6.07, 6.45) is 0. The molecule has 1 unspecified atom stereocenters. The first-order chi connectivity index (χ1) is 14.4. The number of carbonyl (C=O) groups excluding carboxylic acids is 3. The Morgan fingerprint density at radius 2 is 1.97 bits per heavy atom. The minimum Gasteiger partial charge on any atom is -0.497 e. The molecule has 8 nitrogen and oxygen atoms in total. The van der Waals surface area contributed by atoms with Crippen LogP contribution in [0.25, 0.3) is 0 Å². The number of methoxy groups -OCH3 is 2. The molecule has 158 valence electrons. The predicted molar refractivity (Wildman–Crippen MR) is 112 cm³/mol. The van der Waals surface area contributed by atoms with Crippen LogP contribution in [0.4, 0.5) is 5.69 Å². The largest absolute Gasteiger partial charge is 0.497 e. The van der Waals surface area contributed by atoms with Crippen molar-refractivity contribution in [1.29, 1.82) is 0 Å². The SMILES string of the molecule is COc1ccc(OC)c(C(C)NC(=O)COC(=O)c2ccc3c(c2)NC(=O)CS3)c1. The van der Waals surface area contributed by atoms with Crippen molar-refractivity contribution in [2.75, 3.05) is 31.9 Å². The van der Waals surface area contributed by atoms with E-state index in [1.807, 2.05) is 0 Å². The molecule has 2 N–H and O–H groups in total. The third kappa shape index (κ3) is 5.04. The number of hydrogen-bond donors (Lipinski definition) is 2. The molecule has 2 aromatic rings. The normalized spacial score (nSPS) is 13.5. The topological polar surface area (TPSA) is 103 Å². The Hall–Kier alpha value is -3.20. The van der Waals surface area contributed by atoms with E-state index < -0.39 is 24.5 Å². The number of hydrogen-bond acceptors (Lipinski definition) is 7. The van der Waals surface area contributed by atoms with E-state index in [0.29, 0.717) is 22.9 Å². The Balaban J connectivity index is 1.59. The standard InChI is InChI=1S/C21H22N2O6S/c1-12(15-9-14(27-2)5-6-17(15)28-3)22-19(24)10-29-21(26)13-4-7-18-16(8-13)23-20(25)11-30-18/h4-9,12H,10-11H2,1-3H3,(H,22,24)(H,23,25). The molecule has 0 saturated heterocycles. The zero-order valence-electron chi connectivity index (χ0n) is 16.8.